The number of ether oxygens (including phenoxy) is 4. The fourth-order valence-electron chi connectivity index (χ4n) is 3.59. The topological polar surface area (TPSA) is 91.4 Å². The summed E-state index contributed by atoms with van der Waals surface area (Å²) < 4.78 is 21.2. The Bertz CT molecular complexity index is 1130. The van der Waals surface area contributed by atoms with Gasteiger partial charge in [0, 0.05) is 5.69 Å². The van der Waals surface area contributed by atoms with Crippen molar-refractivity contribution in [1.29, 1.82) is 0 Å². The van der Waals surface area contributed by atoms with Gasteiger partial charge in [0.2, 0.25) is 6.23 Å². The van der Waals surface area contributed by atoms with Gasteiger partial charge >= 0.3 is 11.9 Å². The third kappa shape index (κ3) is 3.31. The van der Waals surface area contributed by atoms with Crippen LogP contribution in [0.1, 0.15) is 10.4 Å². The van der Waals surface area contributed by atoms with Crippen LogP contribution < -0.4 is 14.4 Å². The number of nitrogens with zero attached hydrogens (tertiary/aromatic N) is 1. The van der Waals surface area contributed by atoms with E-state index in [1.54, 1.807) is 48.5 Å². The lowest BCUT2D eigenvalue weighted by molar-refractivity contribution is -0.139. The molecule has 4 rings (SSSR count). The van der Waals surface area contributed by atoms with Crippen molar-refractivity contribution < 1.29 is 33.3 Å². The normalized spacial score (nSPS) is 17.1. The first kappa shape index (κ1) is 20.2. The Morgan fingerprint density at radius 2 is 1.61 bits per heavy atom. The van der Waals surface area contributed by atoms with Gasteiger partial charge in [-0.3, -0.25) is 9.69 Å². The van der Waals surface area contributed by atoms with Crippen LogP contribution >= 0.6 is 0 Å². The minimum atomic E-state index is -0.988. The van der Waals surface area contributed by atoms with Crippen LogP contribution in [0.4, 0.5) is 5.69 Å². The highest BCUT2D eigenvalue weighted by Gasteiger charge is 2.44. The number of Topliss-reactive ketones (excluding diaryl/α,β-unsaturated/α-hetero) is 1. The second-order valence-electron chi connectivity index (χ2n) is 6.71. The van der Waals surface area contributed by atoms with E-state index in [0.29, 0.717) is 22.7 Å². The number of para-hydroxylation sites is 1. The van der Waals surface area contributed by atoms with Crippen LogP contribution in [-0.2, 0) is 19.1 Å². The van der Waals surface area contributed by atoms with Gasteiger partial charge in [0.15, 0.2) is 5.78 Å². The first-order chi connectivity index (χ1) is 15.0. The molecular formula is C23H19NO7. The second kappa shape index (κ2) is 7.98. The van der Waals surface area contributed by atoms with Gasteiger partial charge < -0.3 is 18.9 Å². The summed E-state index contributed by atoms with van der Waals surface area (Å²) in [6.07, 6.45) is 0.347. The maximum absolute atomic E-state index is 13.2. The smallest absolute Gasteiger partial charge is 0.355 e. The van der Waals surface area contributed by atoms with E-state index in [1.165, 1.54) is 32.3 Å². The number of rotatable bonds is 4. The molecule has 0 aliphatic carbocycles. The van der Waals surface area contributed by atoms with Gasteiger partial charge in [0.25, 0.3) is 0 Å². The fourth-order valence-corrected chi connectivity index (χ4v) is 3.59. The van der Waals surface area contributed by atoms with Crippen molar-refractivity contribution in [1.82, 2.24) is 0 Å². The maximum atomic E-state index is 13.2. The maximum Gasteiger partial charge on any atom is 0.355 e. The zero-order valence-corrected chi connectivity index (χ0v) is 17.1. The van der Waals surface area contributed by atoms with Gasteiger partial charge in [-0.25, -0.2) is 9.59 Å². The van der Waals surface area contributed by atoms with Gasteiger partial charge in [-0.2, -0.15) is 0 Å². The molecule has 0 bridgehead atoms. The first-order valence-corrected chi connectivity index (χ1v) is 9.36. The number of hydrogen-bond donors (Lipinski definition) is 0. The predicted octanol–water partition coefficient (Wildman–Crippen LogP) is 2.64. The highest BCUT2D eigenvalue weighted by molar-refractivity contribution is 6.16. The molecule has 0 spiro atoms. The van der Waals surface area contributed by atoms with Gasteiger partial charge in [-0.15, -0.1) is 0 Å². The van der Waals surface area contributed by atoms with Crippen LogP contribution in [0.25, 0.3) is 0 Å². The van der Waals surface area contributed by atoms with Crippen molar-refractivity contribution in [3.05, 3.63) is 77.0 Å². The Labute approximate surface area is 178 Å². The summed E-state index contributed by atoms with van der Waals surface area (Å²) in [7, 11) is 3.94. The second-order valence-corrected chi connectivity index (χ2v) is 6.71. The summed E-state index contributed by atoms with van der Waals surface area (Å²) in [5.41, 5.74) is 0.853. The molecule has 2 heterocycles. The molecule has 8 nitrogen and oxygen atoms in total. The van der Waals surface area contributed by atoms with E-state index in [0.717, 1.165) is 0 Å². The van der Waals surface area contributed by atoms with Crippen molar-refractivity contribution >= 4 is 23.4 Å². The molecule has 2 aliphatic heterocycles. The molecule has 158 valence electrons. The number of methoxy groups -OCH3 is 3. The summed E-state index contributed by atoms with van der Waals surface area (Å²) in [6, 6.07) is 13.6. The number of fused-ring (bicyclic) bond motifs is 2. The van der Waals surface area contributed by atoms with Crippen molar-refractivity contribution in [2.24, 2.45) is 0 Å². The summed E-state index contributed by atoms with van der Waals surface area (Å²) in [6.45, 7) is 0. The zero-order chi connectivity index (χ0) is 22.1. The van der Waals surface area contributed by atoms with E-state index in [9.17, 15) is 14.4 Å². The molecule has 2 aromatic rings. The molecule has 1 atom stereocenters. The van der Waals surface area contributed by atoms with Crippen molar-refractivity contribution in [3.63, 3.8) is 0 Å². The Morgan fingerprint density at radius 1 is 0.935 bits per heavy atom. The number of benzene rings is 2. The minimum Gasteiger partial charge on any atom is -0.497 e. The first-order valence-electron chi connectivity index (χ1n) is 9.36. The van der Waals surface area contributed by atoms with Crippen molar-refractivity contribution in [2.75, 3.05) is 26.2 Å². The van der Waals surface area contributed by atoms with Crippen LogP contribution in [0, 0.1) is 0 Å². The summed E-state index contributed by atoms with van der Waals surface area (Å²) >= 11 is 0. The lowest BCUT2D eigenvalue weighted by Crippen LogP contribution is -2.49. The average molecular weight is 421 g/mol. The molecule has 0 saturated carbocycles. The number of anilines is 1. The van der Waals surface area contributed by atoms with Crippen LogP contribution in [0.3, 0.4) is 0 Å². The molecule has 8 heteroatoms. The number of ketones is 1. The Hall–Kier alpha value is -4.07. The van der Waals surface area contributed by atoms with E-state index < -0.39 is 18.2 Å². The minimum absolute atomic E-state index is 0.0968. The monoisotopic (exact) mass is 421 g/mol. The molecule has 0 aromatic heterocycles. The molecule has 0 saturated heterocycles. The molecule has 0 amide bonds. The fraction of sp³-hybridized carbons (Fsp3) is 0.174. The standard InChI is InChI=1S/C23H19NO7/c1-28-14-10-8-13(9-11-14)24-19(23(27)30-3)16(22(26)29-2)12-17-20(25)15-6-4-5-7-18(15)31-21(17)24/h4-12,21H,1-3H3. The molecule has 0 fully saturated rings. The van der Waals surface area contributed by atoms with E-state index in [4.69, 9.17) is 18.9 Å². The molecule has 0 N–H and O–H groups in total. The Balaban J connectivity index is 1.97. The molecule has 2 aromatic carbocycles. The summed E-state index contributed by atoms with van der Waals surface area (Å²) in [4.78, 5) is 40.1. The van der Waals surface area contributed by atoms with Crippen molar-refractivity contribution in [3.8, 4) is 11.5 Å². The molecule has 0 radical (unpaired) electrons. The molecule has 2 aliphatic rings. The van der Waals surface area contributed by atoms with Crippen LogP contribution in [0.2, 0.25) is 0 Å². The number of carbonyl (C=O) groups excluding carboxylic acids is 3. The Kier molecular flexibility index (Phi) is 5.21. The highest BCUT2D eigenvalue weighted by Crippen LogP contribution is 2.40. The lowest BCUT2D eigenvalue weighted by atomic mass is 9.91. The predicted molar refractivity (Wildman–Crippen MR) is 110 cm³/mol. The largest absolute Gasteiger partial charge is 0.497 e. The van der Waals surface area contributed by atoms with E-state index in [2.05, 4.69) is 0 Å². The lowest BCUT2D eigenvalue weighted by Gasteiger charge is -2.40. The summed E-state index contributed by atoms with van der Waals surface area (Å²) in [5.74, 6) is -0.896. The highest BCUT2D eigenvalue weighted by atomic mass is 16.5. The SMILES string of the molecule is COC(=O)C1=C(C(=O)OC)N(c2ccc(OC)cc2)C2Oc3ccccc3C(=O)C2=C1. The van der Waals surface area contributed by atoms with E-state index in [1.807, 2.05) is 0 Å². The zero-order valence-electron chi connectivity index (χ0n) is 17.1. The van der Waals surface area contributed by atoms with Gasteiger partial charge in [-0.05, 0) is 42.5 Å². The number of esters is 2. The van der Waals surface area contributed by atoms with Crippen LogP contribution in [0.5, 0.6) is 11.5 Å². The van der Waals surface area contributed by atoms with Crippen LogP contribution in [-0.4, -0.2) is 45.3 Å². The summed E-state index contributed by atoms with van der Waals surface area (Å²) in [5, 5.41) is 0. The van der Waals surface area contributed by atoms with Gasteiger partial charge in [0.1, 0.15) is 17.2 Å². The van der Waals surface area contributed by atoms with E-state index in [-0.39, 0.29) is 22.6 Å². The molecule has 31 heavy (non-hydrogen) atoms. The van der Waals surface area contributed by atoms with Crippen LogP contribution in [0.15, 0.2) is 71.5 Å². The van der Waals surface area contributed by atoms with Gasteiger partial charge in [0.05, 0.1) is 38.0 Å². The quantitative estimate of drug-likeness (QED) is 0.696. The van der Waals surface area contributed by atoms with Crippen molar-refractivity contribution in [2.45, 2.75) is 6.23 Å². The Morgan fingerprint density at radius 3 is 2.26 bits per heavy atom. The molecule has 1 unspecified atom stereocenters. The third-order valence-electron chi connectivity index (χ3n) is 5.06. The number of hydrogen-bond acceptors (Lipinski definition) is 8. The third-order valence-corrected chi connectivity index (χ3v) is 5.06. The molecular weight excluding hydrogens is 402 g/mol. The average Bonchev–Trinajstić information content (AvgIpc) is 2.82. The van der Waals surface area contributed by atoms with Gasteiger partial charge in [-0.1, -0.05) is 12.1 Å². The van der Waals surface area contributed by atoms with E-state index >= 15 is 0 Å². The number of carbonyl (C=O) groups is 3.